The van der Waals surface area contributed by atoms with Crippen LogP contribution in [0.2, 0.25) is 0 Å². The van der Waals surface area contributed by atoms with Crippen molar-refractivity contribution in [2.75, 3.05) is 41.9 Å². The largest absolute Gasteiger partial charge is 0.624 e. The topological polar surface area (TPSA) is 83.8 Å². The number of ketones is 1. The molecule has 1 heterocycles. The van der Waals surface area contributed by atoms with Gasteiger partial charge < -0.3 is 28.5 Å². The van der Waals surface area contributed by atoms with E-state index in [1.54, 1.807) is 43.6 Å². The molecule has 0 saturated carbocycles. The lowest BCUT2D eigenvalue weighted by atomic mass is 10.0. The lowest BCUT2D eigenvalue weighted by Crippen LogP contribution is -2.40. The van der Waals surface area contributed by atoms with Crippen molar-refractivity contribution in [3.8, 4) is 17.2 Å². The predicted octanol–water partition coefficient (Wildman–Crippen LogP) is 3.47. The molecule has 7 nitrogen and oxygen atoms in total. The number of hydrogen-bond donors (Lipinski definition) is 1. The molecule has 0 amide bonds. The standard InChI is InChI=1S/C28H29N2O5P/c1-30(2,3)18-27(31)36(33)26-17-29(23-12-8-6-10-20(23)26)24-13-9-7-11-21(24)28(32)22-15-14-19(34-4)16-25(22)35-5/h6-17H,18H2,1-5H3/p+1. The van der Waals surface area contributed by atoms with Gasteiger partial charge in [-0.05, 0) is 36.4 Å². The van der Waals surface area contributed by atoms with Crippen molar-refractivity contribution in [1.29, 1.82) is 0 Å². The van der Waals surface area contributed by atoms with Gasteiger partial charge in [0.1, 0.15) is 19.3 Å². The molecule has 1 N–H and O–H groups in total. The molecular weight excluding hydrogens is 475 g/mol. The van der Waals surface area contributed by atoms with Crippen molar-refractivity contribution in [3.63, 3.8) is 0 Å². The van der Waals surface area contributed by atoms with Gasteiger partial charge in [0.15, 0.2) is 17.6 Å². The van der Waals surface area contributed by atoms with Gasteiger partial charge in [-0.25, -0.2) is 0 Å². The number of nitrogens with zero attached hydrogens (tertiary/aromatic N) is 2. The normalized spacial score (nSPS) is 12.4. The number of carbonyl (C=O) groups excluding carboxylic acids is 1. The Labute approximate surface area is 211 Å². The minimum Gasteiger partial charge on any atom is -0.624 e. The number of para-hydroxylation sites is 2. The van der Waals surface area contributed by atoms with Gasteiger partial charge in [0.2, 0.25) is 0 Å². The van der Waals surface area contributed by atoms with Crippen LogP contribution in [0, 0.1) is 0 Å². The molecule has 0 spiro atoms. The van der Waals surface area contributed by atoms with E-state index in [-0.39, 0.29) is 17.8 Å². The van der Waals surface area contributed by atoms with E-state index in [0.717, 1.165) is 10.9 Å². The molecule has 0 fully saturated rings. The molecule has 1 aromatic heterocycles. The molecule has 36 heavy (non-hydrogen) atoms. The van der Waals surface area contributed by atoms with Crippen LogP contribution < -0.4 is 19.7 Å². The number of rotatable bonds is 8. The number of likely N-dealkylation sites (N-methyl/N-ethyl adjacent to an activating group) is 1. The molecule has 3 aromatic carbocycles. The van der Waals surface area contributed by atoms with Crippen LogP contribution in [-0.4, -0.2) is 67.3 Å². The number of aliphatic hydroxyl groups is 1. The van der Waals surface area contributed by atoms with Crippen LogP contribution in [0.5, 0.6) is 11.5 Å². The van der Waals surface area contributed by atoms with Crippen LogP contribution in [0.1, 0.15) is 15.9 Å². The van der Waals surface area contributed by atoms with Gasteiger partial charge in [-0.3, -0.25) is 4.79 Å². The number of aliphatic hydroxyl groups excluding tert-OH is 1. The van der Waals surface area contributed by atoms with Gasteiger partial charge in [0, 0.05) is 17.0 Å². The summed E-state index contributed by atoms with van der Waals surface area (Å²) in [5.74, 6) is 0.787. The number of ether oxygens (including phenoxy) is 2. The van der Waals surface area contributed by atoms with Gasteiger partial charge in [-0.15, -0.1) is 0 Å². The Balaban J connectivity index is 1.89. The van der Waals surface area contributed by atoms with Crippen molar-refractivity contribution < 1.29 is 28.8 Å². The SMILES string of the molecule is COc1ccc(C(=O)c2ccccc2-n2cc(/[P+]([O-])=C(\O)C[N+](C)(C)C)c3ccccc32)c(OC)c1. The van der Waals surface area contributed by atoms with Crippen LogP contribution in [0.15, 0.2) is 72.9 Å². The fourth-order valence-electron chi connectivity index (χ4n) is 4.16. The third kappa shape index (κ3) is 5.06. The second-order valence-electron chi connectivity index (χ2n) is 9.47. The highest BCUT2D eigenvalue weighted by Crippen LogP contribution is 2.31. The molecule has 0 aliphatic heterocycles. The Morgan fingerprint density at radius 1 is 0.972 bits per heavy atom. The lowest BCUT2D eigenvalue weighted by molar-refractivity contribution is -0.861. The zero-order chi connectivity index (χ0) is 26.0. The molecule has 4 aromatic rings. The first-order chi connectivity index (χ1) is 17.1. The van der Waals surface area contributed by atoms with Gasteiger partial charge >= 0.3 is 0 Å². The van der Waals surface area contributed by atoms with E-state index in [1.807, 2.05) is 62.1 Å². The minimum absolute atomic E-state index is 0.0623. The van der Waals surface area contributed by atoms with E-state index in [9.17, 15) is 14.8 Å². The molecule has 0 saturated heterocycles. The highest BCUT2D eigenvalue weighted by Gasteiger charge is 2.25. The number of quaternary nitrogens is 1. The minimum atomic E-state index is -2.19. The first kappa shape index (κ1) is 25.6. The van der Waals surface area contributed by atoms with E-state index in [4.69, 9.17) is 9.47 Å². The number of hydrogen-bond acceptors (Lipinski definition) is 4. The van der Waals surface area contributed by atoms with E-state index in [1.165, 1.54) is 7.11 Å². The summed E-state index contributed by atoms with van der Waals surface area (Å²) in [4.78, 5) is 27.1. The Morgan fingerprint density at radius 3 is 2.36 bits per heavy atom. The van der Waals surface area contributed by atoms with Gasteiger partial charge in [-0.1, -0.05) is 24.3 Å². The third-order valence-electron chi connectivity index (χ3n) is 5.82. The molecule has 1 atom stereocenters. The van der Waals surface area contributed by atoms with Gasteiger partial charge in [0.05, 0.1) is 58.3 Å². The summed E-state index contributed by atoms with van der Waals surface area (Å²) in [5.41, 5.74) is 2.23. The first-order valence-electron chi connectivity index (χ1n) is 11.4. The smallest absolute Gasteiger partial charge is 0.279 e. The average Bonchev–Trinajstić information content (AvgIpc) is 3.26. The lowest BCUT2D eigenvalue weighted by Gasteiger charge is -2.21. The molecular formula is C28H30N2O5P+. The summed E-state index contributed by atoms with van der Waals surface area (Å²) in [5, 5.41) is 12.0. The van der Waals surface area contributed by atoms with Crippen LogP contribution in [0.4, 0.5) is 0 Å². The summed E-state index contributed by atoms with van der Waals surface area (Å²) in [6.07, 6.45) is 1.76. The molecule has 0 bridgehead atoms. The van der Waals surface area contributed by atoms with Crippen molar-refractivity contribution >= 4 is 35.2 Å². The molecule has 186 valence electrons. The number of aromatic nitrogens is 1. The highest BCUT2D eigenvalue weighted by molar-refractivity contribution is 7.59. The van der Waals surface area contributed by atoms with Crippen molar-refractivity contribution in [2.45, 2.75) is 0 Å². The maximum absolute atomic E-state index is 13.7. The fraction of sp³-hybridized carbons (Fsp3) is 0.214. The molecule has 0 radical (unpaired) electrons. The monoisotopic (exact) mass is 505 g/mol. The number of carbonyl (C=O) groups is 1. The summed E-state index contributed by atoms with van der Waals surface area (Å²) >= 11 is 0. The predicted molar refractivity (Wildman–Crippen MR) is 143 cm³/mol. The Hall–Kier alpha value is -3.48. The zero-order valence-electron chi connectivity index (χ0n) is 21.1. The summed E-state index contributed by atoms with van der Waals surface area (Å²) in [6, 6.07) is 19.9. The molecule has 4 rings (SSSR count). The highest BCUT2D eigenvalue weighted by atomic mass is 31.1. The van der Waals surface area contributed by atoms with Crippen LogP contribution in [0.25, 0.3) is 16.6 Å². The third-order valence-corrected chi connectivity index (χ3v) is 7.23. The van der Waals surface area contributed by atoms with Gasteiger partial charge in [-0.2, -0.15) is 0 Å². The number of benzene rings is 3. The summed E-state index contributed by atoms with van der Waals surface area (Å²) in [7, 11) is 6.67. The Morgan fingerprint density at radius 2 is 1.67 bits per heavy atom. The van der Waals surface area contributed by atoms with Crippen molar-refractivity contribution in [2.24, 2.45) is 0 Å². The van der Waals surface area contributed by atoms with Crippen LogP contribution in [0.3, 0.4) is 0 Å². The zero-order valence-corrected chi connectivity index (χ0v) is 22.0. The van der Waals surface area contributed by atoms with Crippen LogP contribution in [-0.2, 0) is 0 Å². The maximum Gasteiger partial charge on any atom is 0.279 e. The van der Waals surface area contributed by atoms with Crippen molar-refractivity contribution in [3.05, 3.63) is 84.1 Å². The molecule has 0 aliphatic carbocycles. The van der Waals surface area contributed by atoms with E-state index < -0.39 is 7.77 Å². The second kappa shape index (κ2) is 10.2. The molecule has 0 aliphatic rings. The van der Waals surface area contributed by atoms with Crippen LogP contribution >= 0.6 is 7.77 Å². The van der Waals surface area contributed by atoms with E-state index >= 15 is 0 Å². The second-order valence-corrected chi connectivity index (χ2v) is 11.1. The Kier molecular flexibility index (Phi) is 7.29. The van der Waals surface area contributed by atoms with Gasteiger partial charge in [0.25, 0.3) is 5.48 Å². The number of methoxy groups -OCH3 is 2. The first-order valence-corrected chi connectivity index (χ1v) is 12.7. The maximum atomic E-state index is 13.7. The van der Waals surface area contributed by atoms with Crippen molar-refractivity contribution in [1.82, 2.24) is 4.57 Å². The molecule has 8 heteroatoms. The van der Waals surface area contributed by atoms with E-state index in [2.05, 4.69) is 0 Å². The molecule has 1 unspecified atom stereocenters. The number of fused-ring (bicyclic) bond motifs is 1. The fourth-order valence-corrected chi connectivity index (χ4v) is 5.62. The summed E-state index contributed by atoms with van der Waals surface area (Å²) in [6.45, 7) is 0.265. The Bertz CT molecular complexity index is 1470. The van der Waals surface area contributed by atoms with E-state index in [0.29, 0.717) is 38.1 Å². The summed E-state index contributed by atoms with van der Waals surface area (Å²) < 4.78 is 13.0. The quantitative estimate of drug-likeness (QED) is 0.225. The average molecular weight is 506 g/mol.